The molecule has 2 bridgehead atoms. The zero-order valence-corrected chi connectivity index (χ0v) is 16.6. The molecule has 5 heteroatoms. The van der Waals surface area contributed by atoms with E-state index in [4.69, 9.17) is 16.3 Å². The number of carbonyl (C=O) groups is 1. The van der Waals surface area contributed by atoms with Crippen molar-refractivity contribution in [2.45, 2.75) is 37.8 Å². The molecular weight excluding hydrogens is 372 g/mol. The highest BCUT2D eigenvalue weighted by Crippen LogP contribution is 2.35. The zero-order chi connectivity index (χ0) is 19.1. The van der Waals surface area contributed by atoms with Crippen LogP contribution in [0.1, 0.15) is 36.4 Å². The van der Waals surface area contributed by atoms with Gasteiger partial charge in [0.05, 0.1) is 6.04 Å². The molecule has 4 nitrogen and oxygen atoms in total. The van der Waals surface area contributed by atoms with Gasteiger partial charge in [-0.15, -0.1) is 0 Å². The molecule has 4 aliphatic rings. The van der Waals surface area contributed by atoms with Gasteiger partial charge in [-0.3, -0.25) is 4.90 Å². The Labute approximate surface area is 170 Å². The van der Waals surface area contributed by atoms with Gasteiger partial charge in [0.25, 0.3) is 0 Å². The molecule has 6 rings (SSSR count). The van der Waals surface area contributed by atoms with Crippen molar-refractivity contribution in [3.05, 3.63) is 58.6 Å². The maximum atomic E-state index is 12.5. The molecule has 1 aliphatic carbocycles. The third-order valence-corrected chi connectivity index (χ3v) is 6.76. The van der Waals surface area contributed by atoms with E-state index in [-0.39, 0.29) is 18.2 Å². The second-order valence-electron chi connectivity index (χ2n) is 8.24. The number of hydrogen-bond donors (Lipinski definition) is 1. The fourth-order valence-electron chi connectivity index (χ4n) is 4.97. The minimum Gasteiger partial charge on any atom is -0.445 e. The summed E-state index contributed by atoms with van der Waals surface area (Å²) in [5, 5.41) is 3.85. The number of carbonyl (C=O) groups excluding carboxylic acids is 1. The summed E-state index contributed by atoms with van der Waals surface area (Å²) in [4.78, 5) is 14.9. The lowest BCUT2D eigenvalue weighted by Crippen LogP contribution is -2.52. The molecule has 3 heterocycles. The number of hydrogen-bond acceptors (Lipinski definition) is 3. The van der Waals surface area contributed by atoms with Crippen molar-refractivity contribution < 1.29 is 9.53 Å². The Morgan fingerprint density at radius 3 is 2.64 bits per heavy atom. The van der Waals surface area contributed by atoms with E-state index in [0.717, 1.165) is 61.5 Å². The number of nitrogens with one attached hydrogen (secondary N) is 1. The van der Waals surface area contributed by atoms with Crippen LogP contribution in [0.25, 0.3) is 11.1 Å². The van der Waals surface area contributed by atoms with Crippen LogP contribution in [0, 0.1) is 5.92 Å². The minimum absolute atomic E-state index is 0.0389. The number of amides is 1. The Morgan fingerprint density at radius 1 is 1.07 bits per heavy atom. The van der Waals surface area contributed by atoms with Crippen LogP contribution in [-0.2, 0) is 11.2 Å². The number of fused-ring (bicyclic) bond motifs is 4. The molecule has 3 fully saturated rings. The molecule has 0 radical (unpaired) electrons. The highest BCUT2D eigenvalue weighted by atomic mass is 35.5. The summed E-state index contributed by atoms with van der Waals surface area (Å²) in [7, 11) is 0. The van der Waals surface area contributed by atoms with Gasteiger partial charge in [0.2, 0.25) is 0 Å². The molecule has 0 spiro atoms. The van der Waals surface area contributed by atoms with E-state index in [2.05, 4.69) is 34.5 Å². The minimum atomic E-state index is -0.268. The van der Waals surface area contributed by atoms with E-state index in [9.17, 15) is 4.79 Å². The number of halogens is 1. The van der Waals surface area contributed by atoms with Crippen LogP contribution >= 0.6 is 11.6 Å². The standard InChI is InChI=1S/C23H25ClN2O2/c24-19-3-1-2-16(13-19)17-4-6-20-18(12-17)5-7-21(20)25-23(27)28-22-14-26-10-8-15(22)9-11-26/h1-4,6,12-13,15,21-22H,5,7-11,14H2,(H,25,27)/t21?,22-/m0/s1. The summed E-state index contributed by atoms with van der Waals surface area (Å²) in [6.45, 7) is 3.19. The SMILES string of the molecule is O=C(NC1CCc2cc(-c3cccc(Cl)c3)ccc21)O[C@H]1CN2CCC1CC2. The van der Waals surface area contributed by atoms with Crippen LogP contribution < -0.4 is 5.32 Å². The molecule has 2 aromatic carbocycles. The summed E-state index contributed by atoms with van der Waals surface area (Å²) in [6, 6.07) is 14.4. The molecule has 1 unspecified atom stereocenters. The number of alkyl carbamates (subject to hydrolysis) is 1. The predicted molar refractivity (Wildman–Crippen MR) is 111 cm³/mol. The molecule has 3 saturated heterocycles. The van der Waals surface area contributed by atoms with E-state index < -0.39 is 0 Å². The van der Waals surface area contributed by atoms with Crippen LogP contribution in [0.4, 0.5) is 4.79 Å². The van der Waals surface area contributed by atoms with Gasteiger partial charge >= 0.3 is 6.09 Å². The molecule has 2 aromatic rings. The van der Waals surface area contributed by atoms with Crippen molar-refractivity contribution in [1.29, 1.82) is 0 Å². The normalized spacial score (nSPS) is 28.0. The van der Waals surface area contributed by atoms with Crippen molar-refractivity contribution >= 4 is 17.7 Å². The van der Waals surface area contributed by atoms with Gasteiger partial charge < -0.3 is 10.1 Å². The van der Waals surface area contributed by atoms with Crippen LogP contribution in [0.15, 0.2) is 42.5 Å². The molecule has 0 saturated carbocycles. The molecule has 1 N–H and O–H groups in total. The third kappa shape index (κ3) is 3.51. The fraction of sp³-hybridized carbons (Fsp3) is 0.435. The lowest BCUT2D eigenvalue weighted by Gasteiger charge is -2.43. The summed E-state index contributed by atoms with van der Waals surface area (Å²) in [5.74, 6) is 0.534. The largest absolute Gasteiger partial charge is 0.445 e. The highest BCUT2D eigenvalue weighted by Gasteiger charge is 2.37. The van der Waals surface area contributed by atoms with Crippen molar-refractivity contribution in [1.82, 2.24) is 10.2 Å². The number of aryl methyl sites for hydroxylation is 1. The van der Waals surface area contributed by atoms with Crippen molar-refractivity contribution in [2.75, 3.05) is 19.6 Å². The van der Waals surface area contributed by atoms with E-state index >= 15 is 0 Å². The Hall–Kier alpha value is -2.04. The first kappa shape index (κ1) is 18.0. The fourth-order valence-corrected chi connectivity index (χ4v) is 5.16. The number of benzene rings is 2. The number of nitrogens with zero attached hydrogens (tertiary/aromatic N) is 1. The van der Waals surface area contributed by atoms with Crippen LogP contribution in [0.3, 0.4) is 0 Å². The predicted octanol–water partition coefficient (Wildman–Crippen LogP) is 4.81. The summed E-state index contributed by atoms with van der Waals surface area (Å²) < 4.78 is 5.80. The zero-order valence-electron chi connectivity index (χ0n) is 15.9. The first-order valence-electron chi connectivity index (χ1n) is 10.2. The van der Waals surface area contributed by atoms with Crippen molar-refractivity contribution in [3.63, 3.8) is 0 Å². The summed E-state index contributed by atoms with van der Waals surface area (Å²) >= 11 is 6.13. The number of ether oxygens (including phenoxy) is 1. The monoisotopic (exact) mass is 396 g/mol. The van der Waals surface area contributed by atoms with Crippen LogP contribution in [0.5, 0.6) is 0 Å². The highest BCUT2D eigenvalue weighted by molar-refractivity contribution is 6.30. The number of piperidine rings is 3. The summed E-state index contributed by atoms with van der Waals surface area (Å²) in [5.41, 5.74) is 4.78. The van der Waals surface area contributed by atoms with Gasteiger partial charge in [0, 0.05) is 11.6 Å². The molecule has 0 aromatic heterocycles. The van der Waals surface area contributed by atoms with E-state index in [0.29, 0.717) is 5.92 Å². The lowest BCUT2D eigenvalue weighted by molar-refractivity contribution is -0.0339. The van der Waals surface area contributed by atoms with Crippen LogP contribution in [0.2, 0.25) is 5.02 Å². The second-order valence-corrected chi connectivity index (χ2v) is 8.68. The second kappa shape index (κ2) is 7.41. The summed E-state index contributed by atoms with van der Waals surface area (Å²) in [6.07, 6.45) is 3.97. The van der Waals surface area contributed by atoms with Gasteiger partial charge in [0.1, 0.15) is 6.10 Å². The maximum absolute atomic E-state index is 12.5. The van der Waals surface area contributed by atoms with Gasteiger partial charge in [-0.25, -0.2) is 4.79 Å². The van der Waals surface area contributed by atoms with E-state index in [1.165, 1.54) is 11.1 Å². The topological polar surface area (TPSA) is 41.6 Å². The molecular formula is C23H25ClN2O2. The van der Waals surface area contributed by atoms with Gasteiger partial charge in [-0.05, 0) is 79.1 Å². The Bertz CT molecular complexity index is 892. The maximum Gasteiger partial charge on any atom is 0.407 e. The smallest absolute Gasteiger partial charge is 0.407 e. The van der Waals surface area contributed by atoms with Crippen LogP contribution in [-0.4, -0.2) is 36.7 Å². The molecule has 2 atom stereocenters. The first-order chi connectivity index (χ1) is 13.7. The van der Waals surface area contributed by atoms with E-state index in [1.807, 2.05) is 18.2 Å². The van der Waals surface area contributed by atoms with E-state index in [1.54, 1.807) is 0 Å². The van der Waals surface area contributed by atoms with Gasteiger partial charge in [-0.1, -0.05) is 41.9 Å². The number of rotatable bonds is 3. The molecule has 3 aliphatic heterocycles. The third-order valence-electron chi connectivity index (χ3n) is 6.53. The molecule has 1 amide bonds. The molecule has 28 heavy (non-hydrogen) atoms. The Balaban J connectivity index is 1.26. The lowest BCUT2D eigenvalue weighted by atomic mass is 9.86. The Kier molecular flexibility index (Phi) is 4.77. The quantitative estimate of drug-likeness (QED) is 0.809. The first-order valence-corrected chi connectivity index (χ1v) is 10.6. The average Bonchev–Trinajstić information content (AvgIpc) is 3.11. The molecule has 146 valence electrons. The average molecular weight is 397 g/mol. The van der Waals surface area contributed by atoms with Crippen molar-refractivity contribution in [3.8, 4) is 11.1 Å². The van der Waals surface area contributed by atoms with Crippen molar-refractivity contribution in [2.24, 2.45) is 5.92 Å². The Morgan fingerprint density at radius 2 is 1.89 bits per heavy atom. The van der Waals surface area contributed by atoms with Gasteiger partial charge in [-0.2, -0.15) is 0 Å². The van der Waals surface area contributed by atoms with Gasteiger partial charge in [0.15, 0.2) is 0 Å².